The highest BCUT2D eigenvalue weighted by atomic mass is 35.5. The van der Waals surface area contributed by atoms with Crippen LogP contribution in [0.4, 0.5) is 0 Å². The summed E-state index contributed by atoms with van der Waals surface area (Å²) < 4.78 is 30.6. The van der Waals surface area contributed by atoms with Crippen LogP contribution in [0.1, 0.15) is 22.5 Å². The van der Waals surface area contributed by atoms with Gasteiger partial charge in [-0.25, -0.2) is 13.1 Å². The Morgan fingerprint density at radius 3 is 2.65 bits per heavy atom. The van der Waals surface area contributed by atoms with Crippen LogP contribution in [0.15, 0.2) is 59.6 Å². The van der Waals surface area contributed by atoms with Crippen molar-refractivity contribution in [2.45, 2.75) is 18.2 Å². The Bertz CT molecular complexity index is 1190. The molecule has 0 saturated carbocycles. The van der Waals surface area contributed by atoms with E-state index in [9.17, 15) is 13.2 Å². The summed E-state index contributed by atoms with van der Waals surface area (Å²) in [5, 5.41) is 4.93. The Morgan fingerprint density at radius 1 is 1.19 bits per heavy atom. The first-order chi connectivity index (χ1) is 14.7. The normalized spacial score (nSPS) is 11.4. The zero-order valence-electron chi connectivity index (χ0n) is 17.6. The number of nitrogens with zero attached hydrogens (tertiary/aromatic N) is 3. The van der Waals surface area contributed by atoms with Crippen molar-refractivity contribution in [2.24, 2.45) is 0 Å². The third-order valence-electron chi connectivity index (χ3n) is 4.78. The molecule has 0 aliphatic carbocycles. The van der Waals surface area contributed by atoms with E-state index in [1.165, 1.54) is 12.1 Å². The van der Waals surface area contributed by atoms with E-state index in [0.717, 1.165) is 17.6 Å². The predicted molar refractivity (Wildman–Crippen MR) is 120 cm³/mol. The van der Waals surface area contributed by atoms with Crippen LogP contribution < -0.4 is 4.74 Å². The Kier molecular flexibility index (Phi) is 7.02. The maximum atomic E-state index is 12.8. The van der Waals surface area contributed by atoms with E-state index >= 15 is 0 Å². The van der Waals surface area contributed by atoms with Gasteiger partial charge in [0.05, 0.1) is 34.6 Å². The van der Waals surface area contributed by atoms with Gasteiger partial charge in [-0.3, -0.25) is 4.79 Å². The molecule has 3 aromatic rings. The third kappa shape index (κ3) is 5.65. The second kappa shape index (κ2) is 9.53. The molecule has 0 radical (unpaired) electrons. The first-order valence-corrected chi connectivity index (χ1v) is 11.9. The van der Waals surface area contributed by atoms with Gasteiger partial charge in [0.2, 0.25) is 0 Å². The number of carbonyl (C=O) groups is 1. The fourth-order valence-corrected chi connectivity index (χ4v) is 3.92. The highest BCUT2D eigenvalue weighted by Crippen LogP contribution is 2.19. The molecule has 0 fully saturated rings. The molecule has 2 aromatic carbocycles. The summed E-state index contributed by atoms with van der Waals surface area (Å²) in [5.41, 5.74) is 2.04. The smallest absolute Gasteiger partial charge is 0.257 e. The predicted octanol–water partition coefficient (Wildman–Crippen LogP) is 3.78. The molecule has 1 heterocycles. The topological polar surface area (TPSA) is 81.5 Å². The first-order valence-electron chi connectivity index (χ1n) is 9.66. The van der Waals surface area contributed by atoms with Crippen molar-refractivity contribution >= 4 is 27.3 Å². The molecule has 7 nitrogen and oxygen atoms in total. The molecular weight excluding hydrogens is 438 g/mol. The molecular formula is C22H24ClN3O4S. The van der Waals surface area contributed by atoms with E-state index in [0.29, 0.717) is 35.9 Å². The summed E-state index contributed by atoms with van der Waals surface area (Å²) >= 11 is 6.06. The van der Waals surface area contributed by atoms with E-state index in [1.807, 2.05) is 19.1 Å². The number of amides is 1. The van der Waals surface area contributed by atoms with Crippen LogP contribution in [0, 0.1) is 6.92 Å². The van der Waals surface area contributed by atoms with Gasteiger partial charge in [-0.1, -0.05) is 23.7 Å². The summed E-state index contributed by atoms with van der Waals surface area (Å²) in [6.07, 6.45) is 3.30. The summed E-state index contributed by atoms with van der Waals surface area (Å²) in [7, 11) is -1.56. The fourth-order valence-electron chi connectivity index (χ4n) is 3.08. The van der Waals surface area contributed by atoms with Gasteiger partial charge in [0, 0.05) is 24.9 Å². The molecule has 0 saturated heterocycles. The molecule has 1 aromatic heterocycles. The number of hydrogen-bond acceptors (Lipinski definition) is 5. The Morgan fingerprint density at radius 2 is 1.94 bits per heavy atom. The van der Waals surface area contributed by atoms with Gasteiger partial charge >= 0.3 is 0 Å². The number of aromatic nitrogens is 2. The minimum Gasteiger partial charge on any atom is -0.493 e. The Hall–Kier alpha value is -2.84. The highest BCUT2D eigenvalue weighted by Gasteiger charge is 2.18. The van der Waals surface area contributed by atoms with E-state index in [1.54, 1.807) is 47.1 Å². The highest BCUT2D eigenvalue weighted by molar-refractivity contribution is 7.90. The van der Waals surface area contributed by atoms with Gasteiger partial charge in [-0.15, -0.1) is 0 Å². The Balaban J connectivity index is 1.57. The second-order valence-corrected chi connectivity index (χ2v) is 9.66. The Labute approximate surface area is 187 Å². The van der Waals surface area contributed by atoms with Gasteiger partial charge in [0.1, 0.15) is 5.75 Å². The van der Waals surface area contributed by atoms with Crippen molar-refractivity contribution in [3.8, 4) is 11.4 Å². The van der Waals surface area contributed by atoms with Crippen LogP contribution in [0.5, 0.6) is 5.75 Å². The standard InChI is InChI=1S/C22H24ClN3O4S/c1-16-21(15-24-26(16)18-8-4-7-17(23)13-18)22(27)25(2)11-6-12-30-19-9-5-10-20(14-19)31(3,28)29/h4-5,7-10,13-15H,6,11-12H2,1-3H3. The van der Waals surface area contributed by atoms with Gasteiger partial charge in [-0.05, 0) is 49.7 Å². The molecule has 0 N–H and O–H groups in total. The lowest BCUT2D eigenvalue weighted by atomic mass is 10.2. The maximum Gasteiger partial charge on any atom is 0.257 e. The summed E-state index contributed by atoms with van der Waals surface area (Å²) in [6, 6.07) is 13.6. The molecule has 0 unspecified atom stereocenters. The quantitative estimate of drug-likeness (QED) is 0.477. The average Bonchev–Trinajstić information content (AvgIpc) is 3.11. The molecule has 164 valence electrons. The number of benzene rings is 2. The van der Waals surface area contributed by atoms with Gasteiger partial charge in [0.25, 0.3) is 5.91 Å². The van der Waals surface area contributed by atoms with E-state index in [4.69, 9.17) is 16.3 Å². The van der Waals surface area contributed by atoms with Crippen molar-refractivity contribution in [3.05, 3.63) is 71.0 Å². The number of halogens is 1. The van der Waals surface area contributed by atoms with Crippen molar-refractivity contribution in [1.29, 1.82) is 0 Å². The number of hydrogen-bond donors (Lipinski definition) is 0. The van der Waals surface area contributed by atoms with Gasteiger partial charge in [0.15, 0.2) is 9.84 Å². The lowest BCUT2D eigenvalue weighted by Gasteiger charge is -2.17. The van der Waals surface area contributed by atoms with Crippen molar-refractivity contribution in [3.63, 3.8) is 0 Å². The number of ether oxygens (including phenoxy) is 1. The summed E-state index contributed by atoms with van der Waals surface area (Å²) in [6.45, 7) is 2.67. The molecule has 3 rings (SSSR count). The number of carbonyl (C=O) groups excluding carboxylic acids is 1. The van der Waals surface area contributed by atoms with Crippen molar-refractivity contribution in [2.75, 3.05) is 26.5 Å². The monoisotopic (exact) mass is 461 g/mol. The third-order valence-corrected chi connectivity index (χ3v) is 6.13. The van der Waals surface area contributed by atoms with Crippen molar-refractivity contribution < 1.29 is 17.9 Å². The molecule has 0 atom stereocenters. The minimum atomic E-state index is -3.28. The van der Waals surface area contributed by atoms with Crippen LogP contribution in [0.3, 0.4) is 0 Å². The van der Waals surface area contributed by atoms with Crippen LogP contribution >= 0.6 is 11.6 Å². The van der Waals surface area contributed by atoms with Crippen LogP contribution in [0.25, 0.3) is 5.69 Å². The number of rotatable bonds is 8. The lowest BCUT2D eigenvalue weighted by molar-refractivity contribution is 0.0787. The van der Waals surface area contributed by atoms with E-state index < -0.39 is 9.84 Å². The summed E-state index contributed by atoms with van der Waals surface area (Å²) in [4.78, 5) is 14.7. The number of sulfone groups is 1. The fraction of sp³-hybridized carbons (Fsp3) is 0.273. The summed E-state index contributed by atoms with van der Waals surface area (Å²) in [5.74, 6) is 0.348. The van der Waals surface area contributed by atoms with E-state index in [-0.39, 0.29) is 10.8 Å². The van der Waals surface area contributed by atoms with E-state index in [2.05, 4.69) is 5.10 Å². The molecule has 9 heteroatoms. The first kappa shape index (κ1) is 22.8. The molecule has 31 heavy (non-hydrogen) atoms. The maximum absolute atomic E-state index is 12.8. The zero-order chi connectivity index (χ0) is 22.6. The van der Waals surface area contributed by atoms with Crippen LogP contribution in [-0.2, 0) is 9.84 Å². The molecule has 0 spiro atoms. The van der Waals surface area contributed by atoms with Crippen LogP contribution in [-0.4, -0.2) is 55.5 Å². The molecule has 0 aliphatic heterocycles. The average molecular weight is 462 g/mol. The zero-order valence-corrected chi connectivity index (χ0v) is 19.2. The molecule has 1 amide bonds. The van der Waals surface area contributed by atoms with Crippen molar-refractivity contribution in [1.82, 2.24) is 14.7 Å². The molecule has 0 bridgehead atoms. The molecule has 0 aliphatic rings. The lowest BCUT2D eigenvalue weighted by Crippen LogP contribution is -2.29. The van der Waals surface area contributed by atoms with Gasteiger partial charge < -0.3 is 9.64 Å². The SMILES string of the molecule is Cc1c(C(=O)N(C)CCCOc2cccc(S(C)(=O)=O)c2)cnn1-c1cccc(Cl)c1. The largest absolute Gasteiger partial charge is 0.493 e. The second-order valence-electron chi connectivity index (χ2n) is 7.21. The minimum absolute atomic E-state index is 0.134. The van der Waals surface area contributed by atoms with Crippen LogP contribution in [0.2, 0.25) is 5.02 Å². The van der Waals surface area contributed by atoms with Gasteiger partial charge in [-0.2, -0.15) is 5.10 Å².